The van der Waals surface area contributed by atoms with Gasteiger partial charge < -0.3 is 39.6 Å². The Hall–Kier alpha value is -0.873. The summed E-state index contributed by atoms with van der Waals surface area (Å²) in [6.45, 7) is 0. The van der Waals surface area contributed by atoms with Gasteiger partial charge in [0.1, 0.15) is 0 Å². The molecule has 0 fully saturated rings. The molecule has 0 radical (unpaired) electrons. The van der Waals surface area contributed by atoms with Crippen molar-refractivity contribution in [2.45, 2.75) is 32.1 Å². The maximum absolute atomic E-state index is 9.66. The third kappa shape index (κ3) is 38.2. The van der Waals surface area contributed by atoms with Crippen LogP contribution < -0.4 is 20.4 Å². The van der Waals surface area contributed by atoms with Crippen molar-refractivity contribution >= 4 is 23.9 Å². The number of carbonyl (C=O) groups is 4. The van der Waals surface area contributed by atoms with Crippen LogP contribution in [-0.4, -0.2) is 23.9 Å². The van der Waals surface area contributed by atoms with E-state index < -0.39 is 36.7 Å². The van der Waals surface area contributed by atoms with Crippen LogP contribution in [-0.2, 0) is 58.1 Å². The maximum atomic E-state index is 9.66. The van der Waals surface area contributed by atoms with Crippen LogP contribution in [0.3, 0.4) is 0 Å². The average molecular weight is 377 g/mol. The van der Waals surface area contributed by atoms with Crippen molar-refractivity contribution in [3.8, 4) is 0 Å². The SMILES string of the molecule is O=C([O-])CCC(=O)[O-].O=C([O-])CCCC(=O)[O-].[Zn+2].[Zn+2]. The zero-order chi connectivity index (χ0) is 13.8. The van der Waals surface area contributed by atoms with Crippen LogP contribution in [0.1, 0.15) is 32.1 Å². The van der Waals surface area contributed by atoms with Gasteiger partial charge in [-0.2, -0.15) is 0 Å². The van der Waals surface area contributed by atoms with E-state index in [4.69, 9.17) is 0 Å². The van der Waals surface area contributed by atoms with Crippen LogP contribution in [0.25, 0.3) is 0 Å². The first-order valence-corrected chi connectivity index (χ1v) is 4.55. The summed E-state index contributed by atoms with van der Waals surface area (Å²) < 4.78 is 0. The van der Waals surface area contributed by atoms with Crippen LogP contribution in [0, 0.1) is 0 Å². The van der Waals surface area contributed by atoms with Crippen molar-refractivity contribution in [1.29, 1.82) is 0 Å². The summed E-state index contributed by atoms with van der Waals surface area (Å²) in [6.07, 6.45) is -1.28. The molecule has 0 aliphatic rings. The first kappa shape index (κ1) is 26.6. The van der Waals surface area contributed by atoms with Crippen molar-refractivity contribution in [3.05, 3.63) is 0 Å². The van der Waals surface area contributed by atoms with Gasteiger partial charge in [-0.15, -0.1) is 0 Å². The van der Waals surface area contributed by atoms with Crippen molar-refractivity contribution < 1.29 is 78.6 Å². The number of aliphatic carboxylic acids is 4. The number of hydrogen-bond acceptors (Lipinski definition) is 8. The third-order valence-corrected chi connectivity index (χ3v) is 1.30. The van der Waals surface area contributed by atoms with E-state index in [2.05, 4.69) is 0 Å². The predicted molar refractivity (Wildman–Crippen MR) is 43.1 cm³/mol. The van der Waals surface area contributed by atoms with Crippen molar-refractivity contribution in [3.63, 3.8) is 0 Å². The summed E-state index contributed by atoms with van der Waals surface area (Å²) in [5, 5.41) is 38.3. The molecule has 0 unspecified atom stereocenters. The van der Waals surface area contributed by atoms with Crippen molar-refractivity contribution in [2.24, 2.45) is 0 Å². The van der Waals surface area contributed by atoms with Crippen LogP contribution in [0.4, 0.5) is 0 Å². The summed E-state index contributed by atoms with van der Waals surface area (Å²) in [5.74, 6) is -5.18. The standard InChI is InChI=1S/C5H8O4.C4H6O4.2Zn/c6-4(7)2-1-3-5(8)9;5-3(6)1-2-4(7)8;;/h1-3H2,(H,6,7)(H,8,9);1-2H2,(H,5,6)(H,7,8);;/q;;2*+2/p-4. The Balaban J connectivity index is -0.000000108. The van der Waals surface area contributed by atoms with E-state index in [9.17, 15) is 39.6 Å². The molecule has 0 aromatic rings. The second kappa shape index (κ2) is 17.1. The Bertz CT molecular complexity index is 264. The fourth-order valence-electron chi connectivity index (χ4n) is 0.581. The van der Waals surface area contributed by atoms with Gasteiger partial charge in [0.05, 0.1) is 0 Å². The largest absolute Gasteiger partial charge is 2.00 e. The van der Waals surface area contributed by atoms with Gasteiger partial charge >= 0.3 is 39.0 Å². The molecule has 0 rings (SSSR count). The van der Waals surface area contributed by atoms with E-state index in [0.29, 0.717) is 0 Å². The molecule has 0 aromatic heterocycles. The van der Waals surface area contributed by atoms with Gasteiger partial charge in [0.2, 0.25) is 0 Å². The molecule has 0 N–H and O–H groups in total. The summed E-state index contributed by atoms with van der Waals surface area (Å²) >= 11 is 0. The molecule has 0 aromatic carbocycles. The van der Waals surface area contributed by atoms with Crippen LogP contribution in [0.2, 0.25) is 0 Å². The molecule has 0 heterocycles. The van der Waals surface area contributed by atoms with Gasteiger partial charge in [-0.3, -0.25) is 0 Å². The molecular formula is C9H10O8Zn2. The van der Waals surface area contributed by atoms with E-state index in [0.717, 1.165) is 0 Å². The third-order valence-electron chi connectivity index (χ3n) is 1.30. The molecule has 98 valence electrons. The van der Waals surface area contributed by atoms with Gasteiger partial charge in [-0.1, -0.05) is 0 Å². The zero-order valence-electron chi connectivity index (χ0n) is 10.2. The zero-order valence-corrected chi connectivity index (χ0v) is 16.1. The van der Waals surface area contributed by atoms with Gasteiger partial charge in [-0.05, 0) is 32.1 Å². The quantitative estimate of drug-likeness (QED) is 0.398. The van der Waals surface area contributed by atoms with Gasteiger partial charge in [-0.25, -0.2) is 0 Å². The van der Waals surface area contributed by atoms with E-state index in [1.165, 1.54) is 0 Å². The maximum Gasteiger partial charge on any atom is 2.00 e. The topological polar surface area (TPSA) is 161 Å². The molecule has 0 atom stereocenters. The molecule has 0 saturated carbocycles. The Morgan fingerprint density at radius 1 is 0.526 bits per heavy atom. The Morgan fingerprint density at radius 2 is 0.737 bits per heavy atom. The summed E-state index contributed by atoms with van der Waals surface area (Å²) in [7, 11) is 0. The molecule has 0 aliphatic heterocycles. The van der Waals surface area contributed by atoms with Crippen LogP contribution >= 0.6 is 0 Å². The summed E-state index contributed by atoms with van der Waals surface area (Å²) in [5.41, 5.74) is 0. The molecule has 0 bridgehead atoms. The molecular weight excluding hydrogens is 367 g/mol. The number of carbonyl (C=O) groups excluding carboxylic acids is 4. The molecule has 10 heteroatoms. The minimum atomic E-state index is -1.37. The van der Waals surface area contributed by atoms with E-state index in [-0.39, 0.29) is 58.2 Å². The van der Waals surface area contributed by atoms with E-state index >= 15 is 0 Å². The van der Waals surface area contributed by atoms with Crippen molar-refractivity contribution in [2.75, 3.05) is 0 Å². The van der Waals surface area contributed by atoms with Crippen LogP contribution in [0.15, 0.2) is 0 Å². The summed E-state index contributed by atoms with van der Waals surface area (Å²) in [6, 6.07) is 0. The Labute approximate surface area is 134 Å². The molecule has 0 amide bonds. The summed E-state index contributed by atoms with van der Waals surface area (Å²) in [4.78, 5) is 38.3. The molecule has 0 saturated heterocycles. The van der Waals surface area contributed by atoms with Gasteiger partial charge in [0.15, 0.2) is 0 Å². The first-order chi connectivity index (χ1) is 7.75. The Kier molecular flexibility index (Phi) is 24.0. The second-order valence-electron chi connectivity index (χ2n) is 2.84. The molecule has 0 aliphatic carbocycles. The fourth-order valence-corrected chi connectivity index (χ4v) is 0.581. The first-order valence-electron chi connectivity index (χ1n) is 4.55. The number of hydrogen-bond donors (Lipinski definition) is 0. The number of carboxylic acid groups (broad SMARTS) is 4. The molecule has 8 nitrogen and oxygen atoms in total. The number of rotatable bonds is 7. The molecule has 0 spiro atoms. The molecule has 19 heavy (non-hydrogen) atoms. The minimum Gasteiger partial charge on any atom is -0.550 e. The number of carboxylic acids is 4. The van der Waals surface area contributed by atoms with Gasteiger partial charge in [0.25, 0.3) is 0 Å². The smallest absolute Gasteiger partial charge is 0.550 e. The Morgan fingerprint density at radius 3 is 0.895 bits per heavy atom. The van der Waals surface area contributed by atoms with E-state index in [1.807, 2.05) is 0 Å². The monoisotopic (exact) mass is 374 g/mol. The second-order valence-corrected chi connectivity index (χ2v) is 2.84. The van der Waals surface area contributed by atoms with Crippen LogP contribution in [0.5, 0.6) is 0 Å². The van der Waals surface area contributed by atoms with E-state index in [1.54, 1.807) is 0 Å². The normalized spacial score (nSPS) is 7.79. The van der Waals surface area contributed by atoms with Crippen molar-refractivity contribution in [1.82, 2.24) is 0 Å². The average Bonchev–Trinajstić information content (AvgIpc) is 2.14. The predicted octanol–water partition coefficient (Wildman–Crippen LogP) is -5.08. The van der Waals surface area contributed by atoms with Gasteiger partial charge in [0, 0.05) is 23.9 Å². The minimum absolute atomic E-state index is 0. The fraction of sp³-hybridized carbons (Fsp3) is 0.556.